The summed E-state index contributed by atoms with van der Waals surface area (Å²) in [6.07, 6.45) is 0. The zero-order chi connectivity index (χ0) is 31.6. The Kier molecular flexibility index (Phi) is 10.6. The summed E-state index contributed by atoms with van der Waals surface area (Å²) in [5.74, 6) is -2.18. The van der Waals surface area contributed by atoms with Crippen molar-refractivity contribution >= 4 is 23.9 Å². The Bertz CT molecular complexity index is 1650. The number of esters is 4. The van der Waals surface area contributed by atoms with E-state index < -0.39 is 23.9 Å². The quantitative estimate of drug-likeness (QED) is 0.108. The van der Waals surface area contributed by atoms with Crippen LogP contribution in [0.15, 0.2) is 84.9 Å². The van der Waals surface area contributed by atoms with Crippen molar-refractivity contribution in [1.82, 2.24) is 0 Å². The molecule has 0 aliphatic rings. The molecule has 4 aromatic carbocycles. The van der Waals surface area contributed by atoms with Crippen LogP contribution in [0.4, 0.5) is 0 Å². The maximum Gasteiger partial charge on any atom is 0.338 e. The van der Waals surface area contributed by atoms with E-state index in [-0.39, 0.29) is 32.0 Å². The van der Waals surface area contributed by atoms with Crippen molar-refractivity contribution < 1.29 is 38.1 Å². The minimum absolute atomic E-state index is 0.0919. The molecular formula is C36H34O8. The molecule has 0 amide bonds. The molecule has 0 saturated heterocycles. The van der Waals surface area contributed by atoms with Crippen LogP contribution in [-0.4, -0.2) is 50.3 Å². The van der Waals surface area contributed by atoms with Crippen molar-refractivity contribution in [3.8, 4) is 11.1 Å². The van der Waals surface area contributed by atoms with Crippen molar-refractivity contribution in [3.63, 3.8) is 0 Å². The second-order valence-electron chi connectivity index (χ2n) is 10.4. The van der Waals surface area contributed by atoms with Crippen LogP contribution in [0.25, 0.3) is 11.1 Å². The summed E-state index contributed by atoms with van der Waals surface area (Å²) in [5.41, 5.74) is 6.46. The van der Waals surface area contributed by atoms with Crippen LogP contribution in [0.3, 0.4) is 0 Å². The number of rotatable bonds is 11. The largest absolute Gasteiger partial charge is 0.458 e. The zero-order valence-corrected chi connectivity index (χ0v) is 25.2. The third-order valence-corrected chi connectivity index (χ3v) is 6.83. The van der Waals surface area contributed by atoms with Gasteiger partial charge in [0, 0.05) is 0 Å². The number of benzene rings is 4. The first-order valence-electron chi connectivity index (χ1n) is 14.2. The smallest absolute Gasteiger partial charge is 0.338 e. The molecule has 0 saturated carbocycles. The Balaban J connectivity index is 1.37. The summed E-state index contributed by atoms with van der Waals surface area (Å²) in [7, 11) is 0. The molecule has 0 aromatic heterocycles. The van der Waals surface area contributed by atoms with Gasteiger partial charge in [0.25, 0.3) is 0 Å². The van der Waals surface area contributed by atoms with E-state index in [1.807, 2.05) is 58.0 Å². The van der Waals surface area contributed by atoms with Gasteiger partial charge in [-0.2, -0.15) is 0 Å². The van der Waals surface area contributed by atoms with Crippen LogP contribution in [0.5, 0.6) is 0 Å². The molecule has 0 bridgehead atoms. The average molecular weight is 595 g/mol. The standard InChI is InChI=1S/C36H34O8/c1-23-5-11-27(12-6-23)33(37)41-17-18-43-35(39)29-15-10-26(4)31(22-29)32-21-25(3)9-16-30(32)36(40)44-20-19-42-34(38)28-13-7-24(2)8-14-28/h5-16,21-22H,17-20H2,1-4H3. The molecule has 0 aliphatic heterocycles. The predicted molar refractivity (Wildman–Crippen MR) is 165 cm³/mol. The Morgan fingerprint density at radius 2 is 0.841 bits per heavy atom. The van der Waals surface area contributed by atoms with Crippen molar-refractivity contribution in [2.75, 3.05) is 26.4 Å². The summed E-state index contributed by atoms with van der Waals surface area (Å²) in [4.78, 5) is 50.3. The van der Waals surface area contributed by atoms with Gasteiger partial charge < -0.3 is 18.9 Å². The van der Waals surface area contributed by atoms with Crippen LogP contribution in [0, 0.1) is 27.7 Å². The molecular weight excluding hydrogens is 560 g/mol. The van der Waals surface area contributed by atoms with Crippen LogP contribution in [-0.2, 0) is 18.9 Å². The fourth-order valence-electron chi connectivity index (χ4n) is 4.34. The highest BCUT2D eigenvalue weighted by Gasteiger charge is 2.19. The predicted octanol–water partition coefficient (Wildman–Crippen LogP) is 6.61. The second kappa shape index (κ2) is 14.8. The van der Waals surface area contributed by atoms with Gasteiger partial charge in [0.15, 0.2) is 0 Å². The first-order valence-corrected chi connectivity index (χ1v) is 14.2. The Labute approximate surface area is 256 Å². The molecule has 0 fully saturated rings. The lowest BCUT2D eigenvalue weighted by molar-refractivity contribution is 0.0265. The molecule has 4 rings (SSSR count). The van der Waals surface area contributed by atoms with E-state index in [4.69, 9.17) is 18.9 Å². The first kappa shape index (κ1) is 31.7. The molecule has 0 heterocycles. The fraction of sp³-hybridized carbons (Fsp3) is 0.222. The molecule has 0 N–H and O–H groups in total. The number of carbonyl (C=O) groups is 4. The molecule has 0 unspecified atom stereocenters. The summed E-state index contributed by atoms with van der Waals surface area (Å²) >= 11 is 0. The van der Waals surface area contributed by atoms with Gasteiger partial charge in [-0.3, -0.25) is 0 Å². The topological polar surface area (TPSA) is 105 Å². The van der Waals surface area contributed by atoms with Crippen LogP contribution in [0.2, 0.25) is 0 Å². The van der Waals surface area contributed by atoms with Crippen LogP contribution in [0.1, 0.15) is 63.7 Å². The summed E-state index contributed by atoms with van der Waals surface area (Å²) < 4.78 is 21.2. The zero-order valence-electron chi connectivity index (χ0n) is 25.2. The fourth-order valence-corrected chi connectivity index (χ4v) is 4.34. The van der Waals surface area contributed by atoms with E-state index in [0.717, 1.165) is 22.3 Å². The van der Waals surface area contributed by atoms with Crippen LogP contribution < -0.4 is 0 Å². The third-order valence-electron chi connectivity index (χ3n) is 6.83. The summed E-state index contributed by atoms with van der Waals surface area (Å²) in [6.45, 7) is 7.19. The highest BCUT2D eigenvalue weighted by Crippen LogP contribution is 2.30. The lowest BCUT2D eigenvalue weighted by atomic mass is 9.93. The molecule has 0 aliphatic carbocycles. The van der Waals surface area contributed by atoms with Crippen molar-refractivity contribution in [3.05, 3.63) is 129 Å². The minimum Gasteiger partial charge on any atom is -0.458 e. The maximum atomic E-state index is 13.1. The van der Waals surface area contributed by atoms with Crippen molar-refractivity contribution in [1.29, 1.82) is 0 Å². The highest BCUT2D eigenvalue weighted by atomic mass is 16.6. The molecule has 0 atom stereocenters. The second-order valence-corrected chi connectivity index (χ2v) is 10.4. The lowest BCUT2D eigenvalue weighted by Crippen LogP contribution is -2.15. The summed E-state index contributed by atoms with van der Waals surface area (Å²) in [5, 5.41) is 0. The van der Waals surface area contributed by atoms with E-state index in [1.54, 1.807) is 54.6 Å². The molecule has 44 heavy (non-hydrogen) atoms. The Morgan fingerprint density at radius 3 is 1.34 bits per heavy atom. The third kappa shape index (κ3) is 8.41. The van der Waals surface area contributed by atoms with Crippen molar-refractivity contribution in [2.24, 2.45) is 0 Å². The first-order chi connectivity index (χ1) is 21.1. The molecule has 8 heteroatoms. The molecule has 0 spiro atoms. The van der Waals surface area contributed by atoms with E-state index in [1.165, 1.54) is 0 Å². The molecule has 4 aromatic rings. The number of ether oxygens (including phenoxy) is 4. The summed E-state index contributed by atoms with van der Waals surface area (Å²) in [6, 6.07) is 24.3. The van der Waals surface area contributed by atoms with Gasteiger partial charge in [-0.1, -0.05) is 59.2 Å². The average Bonchev–Trinajstić information content (AvgIpc) is 3.01. The van der Waals surface area contributed by atoms with E-state index >= 15 is 0 Å². The van der Waals surface area contributed by atoms with Gasteiger partial charge in [0.05, 0.1) is 22.3 Å². The molecule has 0 radical (unpaired) electrons. The lowest BCUT2D eigenvalue weighted by Gasteiger charge is -2.14. The number of hydrogen-bond donors (Lipinski definition) is 0. The maximum absolute atomic E-state index is 13.1. The van der Waals surface area contributed by atoms with E-state index in [2.05, 4.69) is 0 Å². The van der Waals surface area contributed by atoms with Gasteiger partial charge in [-0.25, -0.2) is 19.2 Å². The number of aryl methyl sites for hydroxylation is 4. The van der Waals surface area contributed by atoms with Crippen LogP contribution >= 0.6 is 0 Å². The number of hydrogen-bond acceptors (Lipinski definition) is 8. The Hall–Kier alpha value is -5.24. The van der Waals surface area contributed by atoms with Gasteiger partial charge in [0.2, 0.25) is 0 Å². The highest BCUT2D eigenvalue weighted by molar-refractivity contribution is 5.99. The van der Waals surface area contributed by atoms with E-state index in [0.29, 0.717) is 27.8 Å². The normalized spacial score (nSPS) is 10.5. The van der Waals surface area contributed by atoms with Gasteiger partial charge in [-0.05, 0) is 86.8 Å². The number of carbonyl (C=O) groups excluding carboxylic acids is 4. The van der Waals surface area contributed by atoms with E-state index in [9.17, 15) is 19.2 Å². The Morgan fingerprint density at radius 1 is 0.432 bits per heavy atom. The van der Waals surface area contributed by atoms with Gasteiger partial charge in [0.1, 0.15) is 26.4 Å². The van der Waals surface area contributed by atoms with Crippen molar-refractivity contribution in [2.45, 2.75) is 27.7 Å². The molecule has 226 valence electrons. The van der Waals surface area contributed by atoms with Gasteiger partial charge in [-0.15, -0.1) is 0 Å². The minimum atomic E-state index is -0.593. The monoisotopic (exact) mass is 594 g/mol. The molecule has 8 nitrogen and oxygen atoms in total. The van der Waals surface area contributed by atoms with Gasteiger partial charge >= 0.3 is 23.9 Å². The SMILES string of the molecule is Cc1ccc(C(=O)OCCOC(=O)c2ccc(C)c(-c3cc(C)ccc3C(=O)OCCOC(=O)c3ccc(C)cc3)c2)cc1.